The van der Waals surface area contributed by atoms with Crippen LogP contribution in [-0.2, 0) is 17.8 Å². The van der Waals surface area contributed by atoms with Crippen LogP contribution in [0.4, 0.5) is 39.5 Å². The van der Waals surface area contributed by atoms with E-state index in [0.717, 1.165) is 11.5 Å². The molecule has 4 rings (SSSR count). The summed E-state index contributed by atoms with van der Waals surface area (Å²) in [5.74, 6) is 1.08. The molecule has 206 valence electrons. The molecule has 1 fully saturated rings. The van der Waals surface area contributed by atoms with Gasteiger partial charge in [-0.05, 0) is 57.4 Å². The lowest BCUT2D eigenvalue weighted by atomic mass is 9.75. The Morgan fingerprint density at radius 3 is 1.97 bits per heavy atom. The number of hydrogen-bond acceptors (Lipinski definition) is 3. The summed E-state index contributed by atoms with van der Waals surface area (Å²) in [5.41, 5.74) is -8.11. The largest absolute Gasteiger partial charge is 0.416 e. The summed E-state index contributed by atoms with van der Waals surface area (Å²) in [7, 11) is 0. The number of aliphatic imine (C=N–C) groups is 1. The molecular weight excluding hydrogens is 683 g/mol. The summed E-state index contributed by atoms with van der Waals surface area (Å²) in [6.07, 6.45) is -15.9. The maximum Gasteiger partial charge on any atom is 0.416 e. The van der Waals surface area contributed by atoms with Gasteiger partial charge >= 0.3 is 18.5 Å². The Kier molecular flexibility index (Phi) is 7.71. The third-order valence-corrected chi connectivity index (χ3v) is 9.41. The number of thioether (sulfide) groups is 1. The lowest BCUT2D eigenvalue weighted by molar-refractivity contribution is -0.182. The van der Waals surface area contributed by atoms with Crippen LogP contribution in [0, 0.1) is 0 Å². The Morgan fingerprint density at radius 1 is 0.947 bits per heavy atom. The molecule has 2 heterocycles. The molecule has 0 aliphatic carbocycles. The number of nitrogens with zero attached hydrogens (tertiary/aromatic N) is 1. The van der Waals surface area contributed by atoms with Gasteiger partial charge in [0.1, 0.15) is 5.41 Å². The molecule has 2 unspecified atom stereocenters. The van der Waals surface area contributed by atoms with Crippen LogP contribution >= 0.6 is 43.6 Å². The number of carbonyl (C=O) groups is 1. The van der Waals surface area contributed by atoms with Crippen LogP contribution < -0.4 is 5.32 Å². The Morgan fingerprint density at radius 2 is 1.53 bits per heavy atom. The highest BCUT2D eigenvalue weighted by Crippen LogP contribution is 2.52. The van der Waals surface area contributed by atoms with Gasteiger partial charge in [-0.1, -0.05) is 22.0 Å². The van der Waals surface area contributed by atoms with Gasteiger partial charge in [-0.15, -0.1) is 0 Å². The smallest absolute Gasteiger partial charge is 0.348 e. The van der Waals surface area contributed by atoms with Gasteiger partial charge < -0.3 is 5.32 Å². The van der Waals surface area contributed by atoms with Gasteiger partial charge in [0, 0.05) is 22.0 Å². The van der Waals surface area contributed by atoms with E-state index in [1.807, 2.05) is 0 Å². The van der Waals surface area contributed by atoms with Gasteiger partial charge in [0.2, 0.25) is 0 Å². The molecule has 15 heteroatoms. The Hall–Kier alpha value is -1.74. The fraction of sp³-hybridized carbons (Fsp3) is 0.391. The van der Waals surface area contributed by atoms with Crippen LogP contribution in [0.15, 0.2) is 45.9 Å². The number of benzene rings is 2. The zero-order chi connectivity index (χ0) is 28.3. The summed E-state index contributed by atoms with van der Waals surface area (Å²) in [6, 6.07) is 3.93. The number of alkyl halides is 10. The fourth-order valence-electron chi connectivity index (χ4n) is 4.13. The van der Waals surface area contributed by atoms with Gasteiger partial charge in [0.05, 0.1) is 33.8 Å². The van der Waals surface area contributed by atoms with Crippen LogP contribution in [0.25, 0.3) is 0 Å². The minimum atomic E-state index is -5.33. The first-order valence-corrected chi connectivity index (χ1v) is 13.5. The summed E-state index contributed by atoms with van der Waals surface area (Å²) < 4.78 is 124. The van der Waals surface area contributed by atoms with Crippen LogP contribution in [0.1, 0.15) is 32.6 Å². The topological polar surface area (TPSA) is 41.5 Å². The SMILES string of the molecule is O=C(NC1CSC1)c1ccc(C2=NCC(c3cc(C(F)(F)F)cc(C(F)(F)F)c3)(C(F)(F)F)C2Br)cc1Br. The molecule has 38 heavy (non-hydrogen) atoms. The second kappa shape index (κ2) is 10.0. The van der Waals surface area contributed by atoms with E-state index in [-0.39, 0.29) is 45.6 Å². The van der Waals surface area contributed by atoms with Crippen molar-refractivity contribution in [2.75, 3.05) is 18.1 Å². The van der Waals surface area contributed by atoms with Crippen LogP contribution in [-0.4, -0.2) is 46.7 Å². The molecular formula is C23H15Br2F9N2OS. The van der Waals surface area contributed by atoms with Crippen molar-refractivity contribution in [2.45, 2.75) is 34.8 Å². The number of hydrogen-bond donors (Lipinski definition) is 1. The minimum Gasteiger partial charge on any atom is -0.348 e. The van der Waals surface area contributed by atoms with E-state index in [4.69, 9.17) is 0 Å². The highest BCUT2D eigenvalue weighted by Gasteiger charge is 2.64. The second-order valence-electron chi connectivity index (χ2n) is 8.73. The van der Waals surface area contributed by atoms with E-state index in [9.17, 15) is 44.3 Å². The number of halogens is 11. The van der Waals surface area contributed by atoms with Crippen molar-refractivity contribution in [2.24, 2.45) is 4.99 Å². The normalized spacial score (nSPS) is 22.7. The summed E-state index contributed by atoms with van der Waals surface area (Å²) in [6.45, 7) is -1.15. The highest BCUT2D eigenvalue weighted by atomic mass is 79.9. The maximum atomic E-state index is 14.6. The summed E-state index contributed by atoms with van der Waals surface area (Å²) in [4.78, 5) is 14.6. The van der Waals surface area contributed by atoms with Crippen LogP contribution in [0.5, 0.6) is 0 Å². The van der Waals surface area contributed by atoms with Crippen molar-refractivity contribution in [3.63, 3.8) is 0 Å². The van der Waals surface area contributed by atoms with Crippen molar-refractivity contribution >= 4 is 55.2 Å². The highest BCUT2D eigenvalue weighted by molar-refractivity contribution is 9.10. The number of carbonyl (C=O) groups excluding carboxylic acids is 1. The second-order valence-corrected chi connectivity index (χ2v) is 11.6. The average Bonchev–Trinajstić information content (AvgIpc) is 3.12. The van der Waals surface area contributed by atoms with E-state index < -0.39 is 57.9 Å². The molecule has 0 aromatic heterocycles. The molecule has 2 aromatic carbocycles. The first kappa shape index (κ1) is 29.2. The number of amides is 1. The van der Waals surface area contributed by atoms with E-state index in [2.05, 4.69) is 42.2 Å². The molecule has 2 aliphatic heterocycles. The van der Waals surface area contributed by atoms with Crippen molar-refractivity contribution in [3.8, 4) is 0 Å². The molecule has 3 nitrogen and oxygen atoms in total. The molecule has 1 amide bonds. The standard InChI is InChI=1S/C23H15Br2F9N2OS/c24-16-3-10(1-2-15(16)19(37)36-14-7-38-8-14)17-18(25)20(9-35-17,23(32,33)34)11-4-12(21(26,27)28)6-13(5-11)22(29,30)31/h1-6,14,18H,7-9H2,(H,36,37). The zero-order valence-electron chi connectivity index (χ0n) is 18.7. The number of rotatable bonds is 4. The van der Waals surface area contributed by atoms with Gasteiger partial charge in [-0.3, -0.25) is 9.79 Å². The lowest BCUT2D eigenvalue weighted by Crippen LogP contribution is -2.51. The Bertz CT molecular complexity index is 1260. The molecule has 2 aromatic rings. The van der Waals surface area contributed by atoms with Crippen molar-refractivity contribution < 1.29 is 44.3 Å². The quantitative estimate of drug-likeness (QED) is 0.267. The van der Waals surface area contributed by atoms with Crippen molar-refractivity contribution in [1.29, 1.82) is 0 Å². The van der Waals surface area contributed by atoms with E-state index >= 15 is 0 Å². The molecule has 0 radical (unpaired) electrons. The zero-order valence-corrected chi connectivity index (χ0v) is 22.6. The van der Waals surface area contributed by atoms with Crippen LogP contribution in [0.2, 0.25) is 0 Å². The van der Waals surface area contributed by atoms with E-state index in [0.29, 0.717) is 0 Å². The monoisotopic (exact) mass is 696 g/mol. The van der Waals surface area contributed by atoms with E-state index in [1.165, 1.54) is 18.2 Å². The number of nitrogens with one attached hydrogen (secondary N) is 1. The first-order valence-electron chi connectivity index (χ1n) is 10.7. The maximum absolute atomic E-state index is 14.6. The predicted molar refractivity (Wildman–Crippen MR) is 131 cm³/mol. The van der Waals surface area contributed by atoms with Gasteiger partial charge in [0.15, 0.2) is 0 Å². The summed E-state index contributed by atoms with van der Waals surface area (Å²) in [5, 5.41) is 2.80. The molecule has 0 spiro atoms. The van der Waals surface area contributed by atoms with Crippen molar-refractivity contribution in [3.05, 3.63) is 68.7 Å². The Labute approximate surface area is 230 Å². The third kappa shape index (κ3) is 5.34. The van der Waals surface area contributed by atoms with Crippen LogP contribution in [0.3, 0.4) is 0 Å². The average molecular weight is 698 g/mol. The molecule has 0 saturated carbocycles. The van der Waals surface area contributed by atoms with Gasteiger partial charge in [-0.25, -0.2) is 0 Å². The third-order valence-electron chi connectivity index (χ3n) is 6.26. The van der Waals surface area contributed by atoms with Crippen molar-refractivity contribution in [1.82, 2.24) is 5.32 Å². The Balaban J connectivity index is 1.75. The first-order chi connectivity index (χ1) is 17.4. The molecule has 1 N–H and O–H groups in total. The summed E-state index contributed by atoms with van der Waals surface area (Å²) >= 11 is 7.76. The van der Waals surface area contributed by atoms with Gasteiger partial charge in [-0.2, -0.15) is 51.3 Å². The molecule has 2 atom stereocenters. The lowest BCUT2D eigenvalue weighted by Gasteiger charge is -2.36. The molecule has 2 aliphatic rings. The molecule has 0 bridgehead atoms. The fourth-order valence-corrected chi connectivity index (χ4v) is 6.40. The predicted octanol–water partition coefficient (Wildman–Crippen LogP) is 7.40. The van der Waals surface area contributed by atoms with Gasteiger partial charge in [0.25, 0.3) is 5.91 Å². The van der Waals surface area contributed by atoms with E-state index in [1.54, 1.807) is 11.8 Å². The minimum absolute atomic E-state index is 0.00772. The molecule has 1 saturated heterocycles.